The van der Waals surface area contributed by atoms with Gasteiger partial charge in [-0.1, -0.05) is 13.0 Å². The van der Waals surface area contributed by atoms with E-state index in [9.17, 15) is 4.39 Å². The van der Waals surface area contributed by atoms with Crippen LogP contribution in [-0.4, -0.2) is 75.7 Å². The Kier molecular flexibility index (Phi) is 6.85. The van der Waals surface area contributed by atoms with Crippen LogP contribution >= 0.6 is 0 Å². The molecule has 0 amide bonds. The van der Waals surface area contributed by atoms with Crippen LogP contribution in [0.2, 0.25) is 0 Å². The first-order chi connectivity index (χ1) is 17.4. The number of anilines is 2. The average molecular weight is 496 g/mol. The van der Waals surface area contributed by atoms with Gasteiger partial charge in [0, 0.05) is 55.5 Å². The molecule has 0 spiro atoms. The minimum atomic E-state index is -0.186. The standard InChI is InChI=1S/C27H34FN5O3/c1-6-20-22(28)8-7-17-11-19(36-16-34-4)12-24(25(17)20)32-10-9-21-23(15-32)29-27(30-26(21)35-5)33-13-18(14-33)31(2)3/h7-8,11-12,18H,6,9-10,13-16H2,1-5H3. The Morgan fingerprint density at radius 3 is 2.61 bits per heavy atom. The maximum absolute atomic E-state index is 14.9. The topological polar surface area (TPSA) is 63.2 Å². The highest BCUT2D eigenvalue weighted by molar-refractivity contribution is 5.98. The van der Waals surface area contributed by atoms with E-state index >= 15 is 0 Å². The molecule has 0 unspecified atom stereocenters. The van der Waals surface area contributed by atoms with Crippen molar-refractivity contribution in [2.75, 3.05) is 64.5 Å². The van der Waals surface area contributed by atoms with Gasteiger partial charge in [-0.05, 0) is 50.0 Å². The summed E-state index contributed by atoms with van der Waals surface area (Å²) in [5.74, 6) is 1.85. The van der Waals surface area contributed by atoms with Gasteiger partial charge < -0.3 is 28.9 Å². The van der Waals surface area contributed by atoms with Crippen molar-refractivity contribution in [3.63, 3.8) is 0 Å². The van der Waals surface area contributed by atoms with E-state index in [1.54, 1.807) is 14.2 Å². The number of aryl methyl sites for hydroxylation is 1. The predicted molar refractivity (Wildman–Crippen MR) is 139 cm³/mol. The lowest BCUT2D eigenvalue weighted by atomic mass is 9.97. The molecule has 0 radical (unpaired) electrons. The first-order valence-electron chi connectivity index (χ1n) is 12.4. The number of ether oxygens (including phenoxy) is 3. The van der Waals surface area contributed by atoms with E-state index in [2.05, 4.69) is 28.8 Å². The summed E-state index contributed by atoms with van der Waals surface area (Å²) in [6, 6.07) is 7.79. The van der Waals surface area contributed by atoms with Crippen molar-refractivity contribution in [1.29, 1.82) is 0 Å². The van der Waals surface area contributed by atoms with E-state index < -0.39 is 0 Å². The molecule has 0 atom stereocenters. The molecular formula is C27H34FN5O3. The number of nitrogens with zero attached hydrogens (tertiary/aromatic N) is 5. The fourth-order valence-corrected chi connectivity index (χ4v) is 5.12. The van der Waals surface area contributed by atoms with Crippen LogP contribution in [0.5, 0.6) is 11.6 Å². The average Bonchev–Trinajstić information content (AvgIpc) is 2.85. The van der Waals surface area contributed by atoms with E-state index in [-0.39, 0.29) is 12.6 Å². The van der Waals surface area contributed by atoms with Gasteiger partial charge in [0.25, 0.3) is 0 Å². The van der Waals surface area contributed by atoms with E-state index in [1.807, 2.05) is 25.1 Å². The fourth-order valence-electron chi connectivity index (χ4n) is 5.12. The Hall–Kier alpha value is -3.17. The lowest BCUT2D eigenvalue weighted by molar-refractivity contribution is 0.0512. The molecule has 3 aromatic rings. The molecule has 8 nitrogen and oxygen atoms in total. The zero-order valence-electron chi connectivity index (χ0n) is 21.7. The quantitative estimate of drug-likeness (QED) is 0.439. The zero-order valence-corrected chi connectivity index (χ0v) is 21.7. The van der Waals surface area contributed by atoms with Gasteiger partial charge in [-0.25, -0.2) is 9.37 Å². The molecular weight excluding hydrogens is 461 g/mol. The first-order valence-corrected chi connectivity index (χ1v) is 12.4. The maximum atomic E-state index is 14.9. The minimum absolute atomic E-state index is 0.146. The Morgan fingerprint density at radius 2 is 1.92 bits per heavy atom. The van der Waals surface area contributed by atoms with Gasteiger partial charge in [-0.3, -0.25) is 0 Å². The number of rotatable bonds is 8. The summed E-state index contributed by atoms with van der Waals surface area (Å²) in [7, 11) is 7.45. The molecule has 36 heavy (non-hydrogen) atoms. The molecule has 2 aromatic carbocycles. The van der Waals surface area contributed by atoms with Crippen molar-refractivity contribution in [1.82, 2.24) is 14.9 Å². The summed E-state index contributed by atoms with van der Waals surface area (Å²) in [4.78, 5) is 16.4. The number of fused-ring (bicyclic) bond motifs is 2. The summed E-state index contributed by atoms with van der Waals surface area (Å²) in [5.41, 5.74) is 3.64. The second-order valence-electron chi connectivity index (χ2n) is 9.62. The SMILES string of the molecule is CCc1c(F)ccc2cc(OCOC)cc(N3CCc4c(nc(N5CC(N(C)C)C5)nc4OC)C3)c12. The summed E-state index contributed by atoms with van der Waals surface area (Å²) in [6.45, 7) is 5.23. The first kappa shape index (κ1) is 24.5. The third-order valence-electron chi connectivity index (χ3n) is 7.24. The maximum Gasteiger partial charge on any atom is 0.229 e. The molecule has 9 heteroatoms. The van der Waals surface area contributed by atoms with Gasteiger partial charge in [0.05, 0.1) is 19.3 Å². The highest BCUT2D eigenvalue weighted by Crippen LogP contribution is 2.39. The van der Waals surface area contributed by atoms with Crippen molar-refractivity contribution in [3.8, 4) is 11.6 Å². The number of aromatic nitrogens is 2. The predicted octanol–water partition coefficient (Wildman–Crippen LogP) is 3.64. The van der Waals surface area contributed by atoms with E-state index in [0.29, 0.717) is 42.1 Å². The number of hydrogen-bond donors (Lipinski definition) is 0. The highest BCUT2D eigenvalue weighted by Gasteiger charge is 2.33. The Labute approximate surface area is 211 Å². The number of methoxy groups -OCH3 is 2. The molecule has 0 N–H and O–H groups in total. The largest absolute Gasteiger partial charge is 0.481 e. The van der Waals surface area contributed by atoms with Crippen molar-refractivity contribution in [3.05, 3.63) is 46.9 Å². The Bertz CT molecular complexity index is 1260. The van der Waals surface area contributed by atoms with E-state index in [0.717, 1.165) is 53.8 Å². The minimum Gasteiger partial charge on any atom is -0.481 e. The lowest BCUT2D eigenvalue weighted by Crippen LogP contribution is -2.58. The molecule has 192 valence electrons. The number of benzene rings is 2. The van der Waals surface area contributed by atoms with Crippen LogP contribution < -0.4 is 19.3 Å². The normalized spacial score (nSPS) is 15.9. The van der Waals surface area contributed by atoms with E-state index in [1.165, 1.54) is 6.07 Å². The second kappa shape index (κ2) is 10.1. The molecule has 5 rings (SSSR count). The fraction of sp³-hybridized carbons (Fsp3) is 0.481. The van der Waals surface area contributed by atoms with Crippen LogP contribution in [0, 0.1) is 5.82 Å². The van der Waals surface area contributed by atoms with Crippen LogP contribution in [0.4, 0.5) is 16.0 Å². The number of likely N-dealkylation sites (N-methyl/N-ethyl adjacent to an activating group) is 1. The van der Waals surface area contributed by atoms with Crippen molar-refractivity contribution in [2.45, 2.75) is 32.4 Å². The monoisotopic (exact) mass is 495 g/mol. The summed E-state index contributed by atoms with van der Waals surface area (Å²) in [6.07, 6.45) is 1.33. The molecule has 1 fully saturated rings. The Morgan fingerprint density at radius 1 is 1.11 bits per heavy atom. The summed E-state index contributed by atoms with van der Waals surface area (Å²) in [5, 5.41) is 1.86. The molecule has 0 aliphatic carbocycles. The van der Waals surface area contributed by atoms with Crippen molar-refractivity contribution in [2.24, 2.45) is 0 Å². The second-order valence-corrected chi connectivity index (χ2v) is 9.62. The van der Waals surface area contributed by atoms with Gasteiger partial charge in [0.2, 0.25) is 11.8 Å². The molecule has 1 aromatic heterocycles. The van der Waals surface area contributed by atoms with Crippen LogP contribution in [0.1, 0.15) is 23.7 Å². The van der Waals surface area contributed by atoms with Gasteiger partial charge >= 0.3 is 0 Å². The van der Waals surface area contributed by atoms with Crippen molar-refractivity contribution < 1.29 is 18.6 Å². The third-order valence-corrected chi connectivity index (χ3v) is 7.24. The highest BCUT2D eigenvalue weighted by atomic mass is 19.1. The number of halogens is 1. The molecule has 0 saturated carbocycles. The van der Waals surface area contributed by atoms with Crippen LogP contribution in [-0.2, 0) is 24.1 Å². The molecule has 2 aliphatic rings. The zero-order chi connectivity index (χ0) is 25.4. The molecule has 1 saturated heterocycles. The van der Waals surface area contributed by atoms with Gasteiger partial charge in [0.15, 0.2) is 6.79 Å². The lowest BCUT2D eigenvalue weighted by Gasteiger charge is -2.43. The molecule has 0 bridgehead atoms. The van der Waals surface area contributed by atoms with Crippen molar-refractivity contribution >= 4 is 22.4 Å². The molecule has 2 aliphatic heterocycles. The van der Waals surface area contributed by atoms with Crippen LogP contribution in [0.25, 0.3) is 10.8 Å². The van der Waals surface area contributed by atoms with Gasteiger partial charge in [-0.2, -0.15) is 4.98 Å². The van der Waals surface area contributed by atoms with Gasteiger partial charge in [0.1, 0.15) is 11.6 Å². The Balaban J connectivity index is 1.54. The van der Waals surface area contributed by atoms with Crippen LogP contribution in [0.15, 0.2) is 24.3 Å². The summed E-state index contributed by atoms with van der Waals surface area (Å²) < 4.78 is 31.5. The summed E-state index contributed by atoms with van der Waals surface area (Å²) >= 11 is 0. The smallest absolute Gasteiger partial charge is 0.229 e. The number of hydrogen-bond acceptors (Lipinski definition) is 8. The molecule has 3 heterocycles. The third kappa shape index (κ3) is 4.41. The van der Waals surface area contributed by atoms with E-state index in [4.69, 9.17) is 24.2 Å². The van der Waals surface area contributed by atoms with Gasteiger partial charge in [-0.15, -0.1) is 0 Å². The van der Waals surface area contributed by atoms with Crippen LogP contribution in [0.3, 0.4) is 0 Å².